The van der Waals surface area contributed by atoms with E-state index in [2.05, 4.69) is 182 Å². The SMILES string of the molecule is CCC(C)c1ccc(O)cc1.CCC(C)c1ccc(O)cc1.CCC(C)c1ccc(OC(C)OC)cc1.CCC(C)c1ccc(OC(C)OCCC2CCCCC2)cc1.CCC(C)c1ccc(OC(OCC2CCCCC2)C(C)C)cc1.CCC(C)c1ccc(OC(OCCOC2CCCCC2)C23CC4CC(CC(C4)C2)C3)cc1. The lowest BCUT2D eigenvalue weighted by Crippen LogP contribution is -2.54. The fraction of sp³-hybridized carbons (Fsp3) is 0.650. The van der Waals surface area contributed by atoms with Crippen molar-refractivity contribution >= 4 is 0 Å². The topological polar surface area (TPSA) is 124 Å². The summed E-state index contributed by atoms with van der Waals surface area (Å²) in [5, 5.41) is 18.0. The van der Waals surface area contributed by atoms with E-state index in [1.807, 2.05) is 50.2 Å². The molecule has 13 rings (SSSR count). The zero-order valence-corrected chi connectivity index (χ0v) is 74.4. The third kappa shape index (κ3) is 33.4. The second kappa shape index (κ2) is 52.0. The molecule has 0 amide bonds. The monoisotopic (exact) mass is 1570 g/mol. The summed E-state index contributed by atoms with van der Waals surface area (Å²) in [4.78, 5) is 0. The van der Waals surface area contributed by atoms with E-state index in [1.54, 1.807) is 31.4 Å². The van der Waals surface area contributed by atoms with E-state index >= 15 is 0 Å². The Bertz CT molecular complexity index is 3320. The Morgan fingerprint density at radius 2 is 0.667 bits per heavy atom. The summed E-state index contributed by atoms with van der Waals surface area (Å²) in [5.74, 6) is 12.6. The van der Waals surface area contributed by atoms with Crippen LogP contribution in [0.15, 0.2) is 146 Å². The summed E-state index contributed by atoms with van der Waals surface area (Å²) in [6.45, 7) is 37.8. The molecular weight excluding hydrogens is 1410 g/mol. The maximum absolute atomic E-state index is 9.01. The first-order valence-electron chi connectivity index (χ1n) is 45.7. The van der Waals surface area contributed by atoms with Gasteiger partial charge in [-0.05, 0) is 294 Å². The Kier molecular flexibility index (Phi) is 43.3. The number of hydrogen-bond donors (Lipinski definition) is 2. The van der Waals surface area contributed by atoms with Crippen LogP contribution in [0.25, 0.3) is 0 Å². The van der Waals surface area contributed by atoms with Crippen LogP contribution in [0.2, 0.25) is 0 Å². The summed E-state index contributed by atoms with van der Waals surface area (Å²) in [5.41, 5.74) is 8.30. The van der Waals surface area contributed by atoms with E-state index in [9.17, 15) is 0 Å². The minimum atomic E-state index is -0.195. The first-order chi connectivity index (χ1) is 55.1. The molecule has 0 aromatic heterocycles. The van der Waals surface area contributed by atoms with Crippen LogP contribution in [-0.4, -0.2) is 75.0 Å². The van der Waals surface area contributed by atoms with Gasteiger partial charge in [-0.2, -0.15) is 0 Å². The van der Waals surface area contributed by atoms with Crippen molar-refractivity contribution in [3.05, 3.63) is 179 Å². The number of phenolic OH excluding ortho intramolecular Hbond substituents is 2. The molecule has 7 fully saturated rings. The summed E-state index contributed by atoms with van der Waals surface area (Å²) in [6, 6.07) is 48.9. The van der Waals surface area contributed by atoms with Crippen molar-refractivity contribution in [1.29, 1.82) is 0 Å². The van der Waals surface area contributed by atoms with Crippen molar-refractivity contribution in [3.63, 3.8) is 0 Å². The van der Waals surface area contributed by atoms with Gasteiger partial charge in [0.05, 0.1) is 32.5 Å². The van der Waals surface area contributed by atoms with Crippen LogP contribution in [0.1, 0.15) is 359 Å². The van der Waals surface area contributed by atoms with Gasteiger partial charge in [0.15, 0.2) is 12.6 Å². The highest BCUT2D eigenvalue weighted by Gasteiger charge is 2.56. The highest BCUT2D eigenvalue weighted by atomic mass is 16.7. The second-order valence-corrected chi connectivity index (χ2v) is 35.4. The molecule has 2 N–H and O–H groups in total. The van der Waals surface area contributed by atoms with Crippen LogP contribution in [0.3, 0.4) is 0 Å². The smallest absolute Gasteiger partial charge is 0.205 e. The summed E-state index contributed by atoms with van der Waals surface area (Å²) in [6.07, 6.45) is 36.3. The van der Waals surface area contributed by atoms with Gasteiger partial charge in [-0.25, -0.2) is 0 Å². The van der Waals surface area contributed by atoms with Crippen LogP contribution in [-0.2, 0) is 23.7 Å². The van der Waals surface area contributed by atoms with E-state index in [4.69, 9.17) is 52.8 Å². The zero-order valence-electron chi connectivity index (χ0n) is 74.4. The van der Waals surface area contributed by atoms with E-state index in [-0.39, 0.29) is 30.6 Å². The number of ether oxygens (including phenoxy) is 9. The number of rotatable bonds is 35. The highest BCUT2D eigenvalue weighted by Crippen LogP contribution is 2.62. The van der Waals surface area contributed by atoms with E-state index in [0.29, 0.717) is 72.2 Å². The molecule has 0 heterocycles. The molecule has 6 aromatic carbocycles. The minimum Gasteiger partial charge on any atom is -0.508 e. The predicted octanol–water partition coefficient (Wildman–Crippen LogP) is 28.9. The average Bonchev–Trinajstić information content (AvgIpc) is 0.737. The molecule has 4 bridgehead atoms. The van der Waals surface area contributed by atoms with E-state index < -0.39 is 0 Å². The standard InChI is InChI=1S/C29H44O3.C21H34O2.C20H32O2.C13H20O2.2C10H14O/c1-3-21(2)25-9-11-27(12-10-25)32-28(31-14-13-30-26-7-5-4-6-8-26)29-18-22-15-23(19-29)17-24(16-22)20-29;1-5-17(4)19-11-13-20(14-12-19)23-21(16(2)3)22-15-18-9-7-6-8-10-18;1-4-16(2)19-10-12-20(13-11-19)22-17(3)21-15-14-18-8-6-5-7-9-18;1-5-10(2)12-6-8-13(9-7-12)15-11(3)14-4;2*1-3-8(2)9-4-6-10(11)7-5-9/h9-12,21-24,26,28H,3-8,13-20H2,1-2H3;11-14,16-18,21H,5-10,15H2,1-4H3;10-13,16-18H,4-9,14-15H2,1-3H3;6-11H,5H2,1-4H3;2*4-8,11H,3H2,1-2H3. The molecule has 7 aliphatic carbocycles. The molecule has 0 spiro atoms. The van der Waals surface area contributed by atoms with Crippen molar-refractivity contribution in [2.75, 3.05) is 33.5 Å². The molecule has 0 saturated heterocycles. The van der Waals surface area contributed by atoms with Gasteiger partial charge in [-0.1, -0.05) is 240 Å². The molecule has 11 heteroatoms. The molecule has 114 heavy (non-hydrogen) atoms. The highest BCUT2D eigenvalue weighted by molar-refractivity contribution is 5.33. The maximum atomic E-state index is 9.01. The number of aromatic hydroxyl groups is 2. The fourth-order valence-corrected chi connectivity index (χ4v) is 17.5. The zero-order chi connectivity index (χ0) is 82.2. The van der Waals surface area contributed by atoms with Gasteiger partial charge >= 0.3 is 0 Å². The molecule has 7 aliphatic rings. The Morgan fingerprint density at radius 1 is 0.342 bits per heavy atom. The Balaban J connectivity index is 0.000000198. The minimum absolute atomic E-state index is 0.139. The first kappa shape index (κ1) is 95.1. The Hall–Kier alpha value is -6.08. The summed E-state index contributed by atoms with van der Waals surface area (Å²) in [7, 11) is 1.64. The lowest BCUT2D eigenvalue weighted by molar-refractivity contribution is -0.220. The van der Waals surface area contributed by atoms with Crippen LogP contribution in [0, 0.1) is 40.9 Å². The van der Waals surface area contributed by atoms with E-state index in [1.165, 1.54) is 194 Å². The van der Waals surface area contributed by atoms with E-state index in [0.717, 1.165) is 85.1 Å². The number of hydrogen-bond acceptors (Lipinski definition) is 11. The van der Waals surface area contributed by atoms with Gasteiger partial charge in [-0.3, -0.25) is 0 Å². The molecule has 10 atom stereocenters. The number of benzene rings is 6. The van der Waals surface area contributed by atoms with Crippen molar-refractivity contribution < 1.29 is 52.8 Å². The molecule has 10 unspecified atom stereocenters. The predicted molar refractivity (Wildman–Crippen MR) is 474 cm³/mol. The van der Waals surface area contributed by atoms with Gasteiger partial charge in [-0.15, -0.1) is 0 Å². The largest absolute Gasteiger partial charge is 0.508 e. The van der Waals surface area contributed by atoms with Crippen LogP contribution in [0.5, 0.6) is 34.5 Å². The first-order valence-corrected chi connectivity index (χ1v) is 45.7. The molecule has 636 valence electrons. The fourth-order valence-electron chi connectivity index (χ4n) is 17.5. The average molecular weight is 1570 g/mol. The number of methoxy groups -OCH3 is 1. The third-order valence-electron chi connectivity index (χ3n) is 26.0. The van der Waals surface area contributed by atoms with Crippen LogP contribution < -0.4 is 18.9 Å². The molecule has 0 aliphatic heterocycles. The Labute approximate surface area is 694 Å². The van der Waals surface area contributed by atoms with Crippen molar-refractivity contribution in [2.24, 2.45) is 40.9 Å². The maximum Gasteiger partial charge on any atom is 0.205 e. The lowest BCUT2D eigenvalue weighted by Gasteiger charge is -2.58. The summed E-state index contributed by atoms with van der Waals surface area (Å²) >= 11 is 0. The van der Waals surface area contributed by atoms with Gasteiger partial charge in [0.2, 0.25) is 12.6 Å². The Morgan fingerprint density at radius 3 is 1.02 bits per heavy atom. The summed E-state index contributed by atoms with van der Waals surface area (Å²) < 4.78 is 53.9. The number of phenols is 2. The van der Waals surface area contributed by atoms with Crippen molar-refractivity contribution in [3.8, 4) is 34.5 Å². The third-order valence-corrected chi connectivity index (χ3v) is 26.0. The molecule has 11 nitrogen and oxygen atoms in total. The molecular formula is C103H158O11. The van der Waals surface area contributed by atoms with Crippen molar-refractivity contribution in [2.45, 2.75) is 357 Å². The van der Waals surface area contributed by atoms with Gasteiger partial charge < -0.3 is 52.8 Å². The van der Waals surface area contributed by atoms with Crippen LogP contribution >= 0.6 is 0 Å². The van der Waals surface area contributed by atoms with Crippen LogP contribution in [0.4, 0.5) is 0 Å². The van der Waals surface area contributed by atoms with Gasteiger partial charge in [0, 0.05) is 18.4 Å². The molecule has 7 saturated carbocycles. The quantitative estimate of drug-likeness (QED) is 0.0292. The molecule has 6 aromatic rings. The van der Waals surface area contributed by atoms with Gasteiger partial charge in [0.25, 0.3) is 0 Å². The normalized spacial score (nSPS) is 21.4. The van der Waals surface area contributed by atoms with Crippen molar-refractivity contribution in [1.82, 2.24) is 0 Å². The molecule has 0 radical (unpaired) electrons. The second-order valence-electron chi connectivity index (χ2n) is 35.4. The lowest BCUT2D eigenvalue weighted by atomic mass is 9.49. The van der Waals surface area contributed by atoms with Gasteiger partial charge in [0.1, 0.15) is 34.5 Å².